The summed E-state index contributed by atoms with van der Waals surface area (Å²) >= 11 is 6.41. The van der Waals surface area contributed by atoms with E-state index in [1.807, 2.05) is 51.1 Å². The van der Waals surface area contributed by atoms with Gasteiger partial charge in [0.25, 0.3) is 0 Å². The van der Waals surface area contributed by atoms with Gasteiger partial charge in [-0.2, -0.15) is 18.2 Å². The van der Waals surface area contributed by atoms with Crippen molar-refractivity contribution in [3.05, 3.63) is 69.9 Å². The van der Waals surface area contributed by atoms with Crippen LogP contribution in [0.5, 0.6) is 0 Å². The lowest BCUT2D eigenvalue weighted by molar-refractivity contribution is -0.208. The van der Waals surface area contributed by atoms with Gasteiger partial charge in [0.1, 0.15) is 5.02 Å². The van der Waals surface area contributed by atoms with E-state index in [1.54, 1.807) is 4.90 Å². The summed E-state index contributed by atoms with van der Waals surface area (Å²) < 4.78 is 38.1. The Balaban J connectivity index is 1.22. The number of carbonyl (C=O) groups excluding carboxylic acids is 1. The Bertz CT molecular complexity index is 1470. The van der Waals surface area contributed by atoms with E-state index in [4.69, 9.17) is 11.6 Å². The average Bonchev–Trinajstić information content (AvgIpc) is 3.18. The molecule has 42 heavy (non-hydrogen) atoms. The zero-order valence-electron chi connectivity index (χ0n) is 23.6. The van der Waals surface area contributed by atoms with Crippen LogP contribution in [0.15, 0.2) is 42.6 Å². The van der Waals surface area contributed by atoms with Crippen LogP contribution in [0.3, 0.4) is 0 Å². The van der Waals surface area contributed by atoms with Crippen LogP contribution in [0.1, 0.15) is 54.9 Å². The Morgan fingerprint density at radius 3 is 2.64 bits per heavy atom. The molecule has 0 radical (unpaired) electrons. The van der Waals surface area contributed by atoms with Gasteiger partial charge >= 0.3 is 6.18 Å². The molecular weight excluding hydrogens is 569 g/mol. The highest BCUT2D eigenvalue weighted by molar-refractivity contribution is 6.32. The lowest BCUT2D eigenvalue weighted by Crippen LogP contribution is -2.43. The molecule has 4 N–H and O–H groups in total. The number of amides is 1. The molecule has 0 spiro atoms. The number of aromatic nitrogens is 2. The van der Waals surface area contributed by atoms with E-state index in [-0.39, 0.29) is 11.8 Å². The number of hydrogen-bond donors (Lipinski definition) is 4. The minimum atomic E-state index is -4.60. The van der Waals surface area contributed by atoms with Crippen LogP contribution in [0.2, 0.25) is 5.02 Å². The van der Waals surface area contributed by atoms with Crippen LogP contribution in [-0.4, -0.2) is 57.8 Å². The van der Waals surface area contributed by atoms with Crippen LogP contribution in [0.25, 0.3) is 0 Å². The molecule has 1 atom stereocenters. The summed E-state index contributed by atoms with van der Waals surface area (Å²) in [5.74, 6) is 1.02. The molecule has 2 aromatic carbocycles. The van der Waals surface area contributed by atoms with Crippen molar-refractivity contribution in [2.24, 2.45) is 0 Å². The third-order valence-corrected chi connectivity index (χ3v) is 8.42. The molecule has 0 saturated carbocycles. The molecule has 2 aliphatic heterocycles. The predicted octanol–water partition coefficient (Wildman–Crippen LogP) is 6.13. The first-order valence-corrected chi connectivity index (χ1v) is 14.3. The standard InChI is InChI=1S/C30H34ClF3N6O2/c1-17-13-19(18-9-11-40(12-10-18)16-24(41)30(32,33)34)7-8-22(17)38-28-36-15-21(31)26(39-28)35-14-20-5-4-6-23-25(20)29(2,3)27(42)37-23/h4-8,13,15,18,24,41H,9-12,14,16H2,1-3H3,(H,37,42)(H2,35,36,38,39). The van der Waals surface area contributed by atoms with Gasteiger partial charge < -0.3 is 26.0 Å². The van der Waals surface area contributed by atoms with Crippen molar-refractivity contribution in [3.63, 3.8) is 0 Å². The number of anilines is 4. The molecule has 0 bridgehead atoms. The Hall–Kier alpha value is -3.41. The molecule has 5 rings (SSSR count). The Labute approximate surface area is 247 Å². The number of benzene rings is 2. The normalized spacial score (nSPS) is 18.0. The molecule has 1 aromatic heterocycles. The SMILES string of the molecule is Cc1cc(C2CCN(CC(O)C(F)(F)F)CC2)ccc1Nc1ncc(Cl)c(NCc2cccc3c2C(C)(C)C(=O)N3)n1. The topological polar surface area (TPSA) is 102 Å². The minimum absolute atomic E-state index is 0.0378. The summed E-state index contributed by atoms with van der Waals surface area (Å²) in [6.45, 7) is 6.80. The maximum Gasteiger partial charge on any atom is 0.415 e. The molecule has 3 heterocycles. The van der Waals surface area contributed by atoms with Gasteiger partial charge in [0.15, 0.2) is 11.9 Å². The van der Waals surface area contributed by atoms with Crippen LogP contribution in [-0.2, 0) is 16.8 Å². The number of aliphatic hydroxyl groups excluding tert-OH is 1. The van der Waals surface area contributed by atoms with Crippen molar-refractivity contribution < 1.29 is 23.1 Å². The molecule has 1 amide bonds. The van der Waals surface area contributed by atoms with Crippen molar-refractivity contribution in [1.82, 2.24) is 14.9 Å². The lowest BCUT2D eigenvalue weighted by Gasteiger charge is -2.33. The average molecular weight is 603 g/mol. The fraction of sp³-hybridized carbons (Fsp3) is 0.433. The molecule has 1 saturated heterocycles. The number of β-amino-alcohol motifs (C(OH)–C–C–N with tert-alkyl or cyclic N) is 1. The van der Waals surface area contributed by atoms with Crippen molar-refractivity contribution in [2.75, 3.05) is 35.6 Å². The molecule has 1 fully saturated rings. The van der Waals surface area contributed by atoms with Gasteiger partial charge in [-0.05, 0) is 87.0 Å². The fourth-order valence-electron chi connectivity index (χ4n) is 5.71. The van der Waals surface area contributed by atoms with Crippen molar-refractivity contribution >= 4 is 40.6 Å². The number of nitrogens with zero attached hydrogens (tertiary/aromatic N) is 3. The van der Waals surface area contributed by atoms with Crippen LogP contribution in [0.4, 0.5) is 36.3 Å². The summed E-state index contributed by atoms with van der Waals surface area (Å²) in [4.78, 5) is 23.0. The first kappa shape index (κ1) is 30.1. The number of halogens is 4. The van der Waals surface area contributed by atoms with Crippen LogP contribution in [0, 0.1) is 6.92 Å². The van der Waals surface area contributed by atoms with Crippen LogP contribution >= 0.6 is 11.6 Å². The van der Waals surface area contributed by atoms with Crippen LogP contribution < -0.4 is 16.0 Å². The number of carbonyl (C=O) groups is 1. The molecule has 3 aromatic rings. The number of aliphatic hydroxyl groups is 1. The molecule has 0 aliphatic carbocycles. The molecular formula is C30H34ClF3N6O2. The summed E-state index contributed by atoms with van der Waals surface area (Å²) in [6, 6.07) is 11.8. The molecule has 2 aliphatic rings. The quantitative estimate of drug-likeness (QED) is 0.246. The summed E-state index contributed by atoms with van der Waals surface area (Å²) in [5.41, 5.74) is 5.01. The Morgan fingerprint density at radius 2 is 1.95 bits per heavy atom. The van der Waals surface area contributed by atoms with Gasteiger partial charge in [0.05, 0.1) is 11.6 Å². The highest BCUT2D eigenvalue weighted by Crippen LogP contribution is 2.40. The number of rotatable bonds is 8. The number of aryl methyl sites for hydroxylation is 1. The lowest BCUT2D eigenvalue weighted by atomic mass is 9.83. The zero-order chi connectivity index (χ0) is 30.2. The first-order chi connectivity index (χ1) is 19.8. The van der Waals surface area contributed by atoms with Gasteiger partial charge in [0, 0.05) is 24.5 Å². The molecule has 8 nitrogen and oxygen atoms in total. The van der Waals surface area contributed by atoms with Crippen molar-refractivity contribution in [3.8, 4) is 0 Å². The number of fused-ring (bicyclic) bond motifs is 1. The highest BCUT2D eigenvalue weighted by atomic mass is 35.5. The second-order valence-corrected chi connectivity index (χ2v) is 11.9. The maximum atomic E-state index is 12.7. The number of piperidine rings is 1. The second kappa shape index (κ2) is 11.7. The maximum absolute atomic E-state index is 12.7. The van der Waals surface area contributed by atoms with E-state index in [1.165, 1.54) is 6.20 Å². The monoisotopic (exact) mass is 602 g/mol. The van der Waals surface area contributed by atoms with E-state index in [0.717, 1.165) is 46.5 Å². The van der Waals surface area contributed by atoms with Gasteiger partial charge in [-0.1, -0.05) is 35.9 Å². The van der Waals surface area contributed by atoms with E-state index in [0.29, 0.717) is 36.4 Å². The van der Waals surface area contributed by atoms with Gasteiger partial charge in [0.2, 0.25) is 11.9 Å². The van der Waals surface area contributed by atoms with Crippen molar-refractivity contribution in [1.29, 1.82) is 0 Å². The third-order valence-electron chi connectivity index (χ3n) is 8.15. The number of alkyl halides is 3. The summed E-state index contributed by atoms with van der Waals surface area (Å²) in [6.07, 6.45) is -3.95. The minimum Gasteiger partial charge on any atom is -0.382 e. The number of nitrogens with one attached hydrogen (secondary N) is 3. The van der Waals surface area contributed by atoms with Gasteiger partial charge in [-0.25, -0.2) is 4.98 Å². The largest absolute Gasteiger partial charge is 0.415 e. The first-order valence-electron chi connectivity index (χ1n) is 13.9. The van der Waals surface area contributed by atoms with Gasteiger partial charge in [-0.15, -0.1) is 0 Å². The Kier molecular flexibility index (Phi) is 8.37. The molecule has 12 heteroatoms. The predicted molar refractivity (Wildman–Crippen MR) is 157 cm³/mol. The van der Waals surface area contributed by atoms with Gasteiger partial charge in [-0.3, -0.25) is 4.79 Å². The van der Waals surface area contributed by atoms with E-state index in [2.05, 4.69) is 32.0 Å². The summed E-state index contributed by atoms with van der Waals surface area (Å²) in [7, 11) is 0. The molecule has 1 unspecified atom stereocenters. The second-order valence-electron chi connectivity index (χ2n) is 11.5. The van der Waals surface area contributed by atoms with Crippen molar-refractivity contribution in [2.45, 2.75) is 63.8 Å². The smallest absolute Gasteiger partial charge is 0.382 e. The third kappa shape index (κ3) is 6.33. The number of likely N-dealkylation sites (tertiary alicyclic amines) is 1. The zero-order valence-corrected chi connectivity index (χ0v) is 24.4. The highest BCUT2D eigenvalue weighted by Gasteiger charge is 2.40. The summed E-state index contributed by atoms with van der Waals surface area (Å²) in [5, 5.41) is 19.2. The number of hydrogen-bond acceptors (Lipinski definition) is 7. The molecule has 224 valence electrons. The Morgan fingerprint density at radius 1 is 1.21 bits per heavy atom. The van der Waals surface area contributed by atoms with E-state index < -0.39 is 24.2 Å². The van der Waals surface area contributed by atoms with E-state index in [9.17, 15) is 23.1 Å². The van der Waals surface area contributed by atoms with E-state index >= 15 is 0 Å². The fourth-order valence-corrected chi connectivity index (χ4v) is 5.87.